The largest absolute Gasteiger partial charge is 0.338 e. The van der Waals surface area contributed by atoms with Gasteiger partial charge < -0.3 is 9.80 Å². The van der Waals surface area contributed by atoms with E-state index < -0.39 is 0 Å². The van der Waals surface area contributed by atoms with Crippen LogP contribution in [0.5, 0.6) is 0 Å². The van der Waals surface area contributed by atoms with E-state index >= 15 is 0 Å². The normalized spacial score (nSPS) is 18.1. The van der Waals surface area contributed by atoms with E-state index in [0.717, 1.165) is 74.5 Å². The van der Waals surface area contributed by atoms with E-state index in [4.69, 9.17) is 0 Å². The molecule has 2 aliphatic rings. The number of anilines is 1. The maximum Gasteiger partial charge on any atom is 0.230 e. The zero-order valence-corrected chi connectivity index (χ0v) is 20.1. The highest BCUT2D eigenvalue weighted by Crippen LogP contribution is 2.34. The van der Waals surface area contributed by atoms with Crippen molar-refractivity contribution in [3.8, 4) is 0 Å². The van der Waals surface area contributed by atoms with E-state index in [2.05, 4.69) is 22.2 Å². The SMILES string of the molecule is Cc1nc(C)n(CCC(=O)N2CCCCCCCCN(C(=O)C3CC3)c3ccccc3C2)n1. The number of hydrogen-bond acceptors (Lipinski definition) is 4. The number of aromatic nitrogens is 3. The minimum Gasteiger partial charge on any atom is -0.338 e. The van der Waals surface area contributed by atoms with Crippen LogP contribution in [-0.2, 0) is 22.7 Å². The monoisotopic (exact) mass is 451 g/mol. The van der Waals surface area contributed by atoms with Crippen molar-refractivity contribution in [1.82, 2.24) is 19.7 Å². The Morgan fingerprint density at radius 3 is 2.36 bits per heavy atom. The fraction of sp³-hybridized carbons (Fsp3) is 0.615. The fourth-order valence-electron chi connectivity index (χ4n) is 4.72. The number of carbonyl (C=O) groups excluding carboxylic acids is 2. The molecule has 0 atom stereocenters. The lowest BCUT2D eigenvalue weighted by Gasteiger charge is -2.28. The molecular weight excluding hydrogens is 414 g/mol. The molecule has 2 aromatic rings. The summed E-state index contributed by atoms with van der Waals surface area (Å²) in [7, 11) is 0. The molecule has 1 fully saturated rings. The zero-order chi connectivity index (χ0) is 23.2. The maximum absolute atomic E-state index is 13.3. The molecule has 0 saturated heterocycles. The molecule has 1 saturated carbocycles. The second kappa shape index (κ2) is 10.9. The van der Waals surface area contributed by atoms with Crippen molar-refractivity contribution in [2.24, 2.45) is 5.92 Å². The molecule has 1 aliphatic carbocycles. The third-order valence-corrected chi connectivity index (χ3v) is 6.75. The first kappa shape index (κ1) is 23.5. The highest BCUT2D eigenvalue weighted by atomic mass is 16.2. The fourth-order valence-corrected chi connectivity index (χ4v) is 4.72. The van der Waals surface area contributed by atoms with Crippen molar-refractivity contribution >= 4 is 17.5 Å². The van der Waals surface area contributed by atoms with E-state index in [1.54, 1.807) is 0 Å². The summed E-state index contributed by atoms with van der Waals surface area (Å²) in [5.41, 5.74) is 2.04. The molecule has 0 bridgehead atoms. The van der Waals surface area contributed by atoms with Gasteiger partial charge in [-0.25, -0.2) is 9.67 Å². The van der Waals surface area contributed by atoms with Crippen LogP contribution in [-0.4, -0.2) is 44.6 Å². The minimum atomic E-state index is 0.132. The second-order valence-corrected chi connectivity index (χ2v) is 9.51. The average molecular weight is 452 g/mol. The number of nitrogens with zero attached hydrogens (tertiary/aromatic N) is 5. The summed E-state index contributed by atoms with van der Waals surface area (Å²) in [6, 6.07) is 8.15. The summed E-state index contributed by atoms with van der Waals surface area (Å²) in [5.74, 6) is 2.14. The van der Waals surface area contributed by atoms with Gasteiger partial charge in [-0.3, -0.25) is 9.59 Å². The van der Waals surface area contributed by atoms with Crippen molar-refractivity contribution in [2.75, 3.05) is 18.0 Å². The lowest BCUT2D eigenvalue weighted by molar-refractivity contribution is -0.132. The lowest BCUT2D eigenvalue weighted by atomic mass is 10.1. The lowest BCUT2D eigenvalue weighted by Crippen LogP contribution is -2.36. The van der Waals surface area contributed by atoms with Gasteiger partial charge in [0.15, 0.2) is 0 Å². The van der Waals surface area contributed by atoms with Gasteiger partial charge >= 0.3 is 0 Å². The van der Waals surface area contributed by atoms with Gasteiger partial charge in [-0.15, -0.1) is 0 Å². The number of fused-ring (bicyclic) bond motifs is 1. The number of aryl methyl sites for hydroxylation is 3. The van der Waals surface area contributed by atoms with Crippen LogP contribution in [0.4, 0.5) is 5.69 Å². The van der Waals surface area contributed by atoms with Crippen molar-refractivity contribution in [2.45, 2.75) is 84.7 Å². The van der Waals surface area contributed by atoms with Crippen molar-refractivity contribution in [1.29, 1.82) is 0 Å². The zero-order valence-electron chi connectivity index (χ0n) is 20.1. The summed E-state index contributed by atoms with van der Waals surface area (Å²) in [5, 5.41) is 4.40. The molecule has 2 amide bonds. The Kier molecular flexibility index (Phi) is 7.78. The quantitative estimate of drug-likeness (QED) is 0.690. The van der Waals surface area contributed by atoms with Crippen LogP contribution in [0.15, 0.2) is 24.3 Å². The predicted molar refractivity (Wildman–Crippen MR) is 129 cm³/mol. The van der Waals surface area contributed by atoms with Gasteiger partial charge in [0.25, 0.3) is 0 Å². The number of para-hydroxylation sites is 1. The molecular formula is C26H37N5O2. The molecule has 7 heteroatoms. The van der Waals surface area contributed by atoms with Crippen LogP contribution >= 0.6 is 0 Å². The van der Waals surface area contributed by atoms with Gasteiger partial charge in [0.2, 0.25) is 11.8 Å². The molecule has 7 nitrogen and oxygen atoms in total. The van der Waals surface area contributed by atoms with Crippen LogP contribution in [0.3, 0.4) is 0 Å². The van der Waals surface area contributed by atoms with Gasteiger partial charge in [0.05, 0.1) is 6.54 Å². The Morgan fingerprint density at radius 2 is 1.67 bits per heavy atom. The predicted octanol–water partition coefficient (Wildman–Crippen LogP) is 4.41. The van der Waals surface area contributed by atoms with E-state index in [0.29, 0.717) is 19.5 Å². The highest BCUT2D eigenvalue weighted by molar-refractivity contribution is 5.97. The molecule has 178 valence electrons. The molecule has 1 aromatic heterocycles. The molecule has 1 aliphatic heterocycles. The van der Waals surface area contributed by atoms with E-state index in [-0.39, 0.29) is 17.7 Å². The Morgan fingerprint density at radius 1 is 0.970 bits per heavy atom. The molecule has 0 unspecified atom stereocenters. The summed E-state index contributed by atoms with van der Waals surface area (Å²) in [4.78, 5) is 34.8. The topological polar surface area (TPSA) is 71.3 Å². The second-order valence-electron chi connectivity index (χ2n) is 9.51. The molecule has 4 rings (SSSR count). The van der Waals surface area contributed by atoms with Crippen molar-refractivity contribution < 1.29 is 9.59 Å². The summed E-state index contributed by atoms with van der Waals surface area (Å²) in [6.45, 7) is 6.39. The Balaban J connectivity index is 1.54. The standard InChI is InChI=1S/C26H37N5O2/c1-20-27-21(2)31(28-20)18-15-25(32)29-16-9-5-3-4-6-10-17-30(26(33)22-13-14-22)24-12-8-7-11-23(24)19-29/h7-8,11-12,22H,3-6,9-10,13-19H2,1-2H3. The third kappa shape index (κ3) is 6.21. The minimum absolute atomic E-state index is 0.132. The molecule has 0 N–H and O–H groups in total. The van der Waals surface area contributed by atoms with Gasteiger partial charge in [0.1, 0.15) is 11.6 Å². The van der Waals surface area contributed by atoms with Crippen LogP contribution in [0, 0.1) is 19.8 Å². The smallest absolute Gasteiger partial charge is 0.230 e. The maximum atomic E-state index is 13.3. The molecule has 0 spiro atoms. The average Bonchev–Trinajstić information content (AvgIpc) is 3.59. The number of benzene rings is 1. The van der Waals surface area contributed by atoms with Crippen molar-refractivity contribution in [3.05, 3.63) is 41.5 Å². The van der Waals surface area contributed by atoms with Crippen molar-refractivity contribution in [3.63, 3.8) is 0 Å². The van der Waals surface area contributed by atoms with E-state index in [9.17, 15) is 9.59 Å². The van der Waals surface area contributed by atoms with Gasteiger partial charge in [-0.2, -0.15) is 5.10 Å². The van der Waals surface area contributed by atoms with Gasteiger partial charge in [-0.05, 0) is 51.2 Å². The highest BCUT2D eigenvalue weighted by Gasteiger charge is 2.34. The molecule has 0 radical (unpaired) electrons. The van der Waals surface area contributed by atoms with Gasteiger partial charge in [-0.1, -0.05) is 43.9 Å². The van der Waals surface area contributed by atoms with Crippen LogP contribution in [0.25, 0.3) is 0 Å². The first-order valence-electron chi connectivity index (χ1n) is 12.6. The van der Waals surface area contributed by atoms with E-state index in [1.165, 1.54) is 12.8 Å². The molecule has 1 aromatic carbocycles. The number of amides is 2. The number of carbonyl (C=O) groups is 2. The third-order valence-electron chi connectivity index (χ3n) is 6.75. The summed E-state index contributed by atoms with van der Waals surface area (Å²) in [6.07, 6.45) is 9.11. The number of rotatable bonds is 4. The molecule has 33 heavy (non-hydrogen) atoms. The first-order chi connectivity index (χ1) is 16.0. The Labute approximate surface area is 197 Å². The van der Waals surface area contributed by atoms with Gasteiger partial charge in [0, 0.05) is 37.7 Å². The summed E-state index contributed by atoms with van der Waals surface area (Å²) < 4.78 is 1.82. The van der Waals surface area contributed by atoms with Crippen LogP contribution in [0.1, 0.15) is 75.0 Å². The molecule has 2 heterocycles. The number of hydrogen-bond donors (Lipinski definition) is 0. The Bertz CT molecular complexity index is 965. The summed E-state index contributed by atoms with van der Waals surface area (Å²) >= 11 is 0. The Hall–Kier alpha value is -2.70. The first-order valence-corrected chi connectivity index (χ1v) is 12.6. The van der Waals surface area contributed by atoms with E-state index in [1.807, 2.05) is 40.5 Å². The van der Waals surface area contributed by atoms with Crippen LogP contribution in [0.2, 0.25) is 0 Å². The van der Waals surface area contributed by atoms with Crippen LogP contribution < -0.4 is 4.90 Å².